The Labute approximate surface area is 473 Å². The largest absolute Gasteiger partial charge is 0.462 e. The van der Waals surface area contributed by atoms with Crippen molar-refractivity contribution in [3.63, 3.8) is 0 Å². The van der Waals surface area contributed by atoms with Crippen molar-refractivity contribution < 1.29 is 28.6 Å². The molecule has 0 radical (unpaired) electrons. The summed E-state index contributed by atoms with van der Waals surface area (Å²) in [5, 5.41) is 0. The zero-order valence-electron chi connectivity index (χ0n) is 49.4. The Morgan fingerprint density at radius 2 is 0.519 bits per heavy atom. The van der Waals surface area contributed by atoms with E-state index >= 15 is 0 Å². The maximum atomic E-state index is 12.9. The van der Waals surface area contributed by atoms with Crippen LogP contribution in [0, 0.1) is 0 Å². The molecule has 0 aromatic heterocycles. The minimum atomic E-state index is -0.828. The van der Waals surface area contributed by atoms with E-state index < -0.39 is 6.10 Å². The molecule has 0 aromatic rings. The van der Waals surface area contributed by atoms with Crippen LogP contribution < -0.4 is 0 Å². The van der Waals surface area contributed by atoms with Gasteiger partial charge in [-0.15, -0.1) is 0 Å². The molecule has 0 aromatic carbocycles. The molecule has 0 saturated carbocycles. The lowest BCUT2D eigenvalue weighted by atomic mass is 10.1. The third-order valence-corrected chi connectivity index (χ3v) is 12.5. The highest BCUT2D eigenvalue weighted by atomic mass is 16.6. The summed E-state index contributed by atoms with van der Waals surface area (Å²) >= 11 is 0. The molecule has 0 rings (SSSR count). The normalized spacial score (nSPS) is 13.2. The molecule has 0 bridgehead atoms. The number of ether oxygens (including phenoxy) is 3. The van der Waals surface area contributed by atoms with Gasteiger partial charge in [-0.25, -0.2) is 0 Å². The lowest BCUT2D eigenvalue weighted by Gasteiger charge is -2.18. The van der Waals surface area contributed by atoms with Crippen LogP contribution in [-0.2, 0) is 28.6 Å². The molecule has 0 amide bonds. The van der Waals surface area contributed by atoms with Gasteiger partial charge in [0.15, 0.2) is 6.10 Å². The highest BCUT2D eigenvalue weighted by Crippen LogP contribution is 2.13. The zero-order valence-corrected chi connectivity index (χ0v) is 49.4. The Balaban J connectivity index is 4.50. The summed E-state index contributed by atoms with van der Waals surface area (Å²) in [6.45, 7) is 6.33. The summed E-state index contributed by atoms with van der Waals surface area (Å²) in [6.07, 6.45) is 92.4. The molecule has 0 saturated heterocycles. The molecule has 0 spiro atoms. The lowest BCUT2D eigenvalue weighted by Crippen LogP contribution is -2.30. The molecule has 0 aliphatic rings. The molecule has 0 N–H and O–H groups in total. The summed E-state index contributed by atoms with van der Waals surface area (Å²) in [4.78, 5) is 38.2. The van der Waals surface area contributed by atoms with E-state index in [-0.39, 0.29) is 37.5 Å². The first kappa shape index (κ1) is 72.0. The summed E-state index contributed by atoms with van der Waals surface area (Å²) in [5.74, 6) is -1.01. The van der Waals surface area contributed by atoms with E-state index in [0.717, 1.165) is 154 Å². The van der Waals surface area contributed by atoms with Crippen molar-refractivity contribution in [2.75, 3.05) is 13.2 Å². The molecule has 0 aliphatic heterocycles. The second-order valence-corrected chi connectivity index (χ2v) is 19.8. The van der Waals surface area contributed by atoms with Crippen LogP contribution in [0.4, 0.5) is 0 Å². The third kappa shape index (κ3) is 61.8. The predicted octanol–water partition coefficient (Wildman–Crippen LogP) is 21.3. The van der Waals surface area contributed by atoms with Crippen LogP contribution in [0.15, 0.2) is 158 Å². The fourth-order valence-corrected chi connectivity index (χ4v) is 7.92. The second-order valence-electron chi connectivity index (χ2n) is 19.8. The molecule has 432 valence electrons. The lowest BCUT2D eigenvalue weighted by molar-refractivity contribution is -0.167. The van der Waals surface area contributed by atoms with Gasteiger partial charge in [-0.2, -0.15) is 0 Å². The molecule has 0 aliphatic carbocycles. The number of carbonyl (C=O) groups excluding carboxylic acids is 3. The van der Waals surface area contributed by atoms with Crippen molar-refractivity contribution in [1.82, 2.24) is 0 Å². The fourth-order valence-electron chi connectivity index (χ4n) is 7.92. The van der Waals surface area contributed by atoms with Crippen molar-refractivity contribution in [2.24, 2.45) is 0 Å². The minimum absolute atomic E-state index is 0.118. The standard InChI is InChI=1S/C71H112O6/c1-4-7-10-13-16-19-22-25-28-30-31-32-33-34-35-36-37-38-39-41-43-46-49-52-55-58-61-64-70(73)76-67-68(66-75-69(72)63-60-57-54-51-48-45-42-27-24-21-18-15-12-9-6-3)77-71(74)65-62-59-56-53-50-47-44-40-29-26-23-20-17-14-11-8-5-2/h7-8,10-11,16-17,19-20,25-29,31-32,34-35,37-38,41-44,47,53,56,68H,4-6,9,12-15,18,21-24,30,33,36,39-40,45-46,48-52,54-55,57-67H2,1-3H3/b10-7-,11-8-,19-16-,20-17-,28-25-,29-26-,32-31-,35-34-,38-37-,42-27-,43-41-,47-44-,56-53-. The van der Waals surface area contributed by atoms with E-state index in [9.17, 15) is 14.4 Å². The van der Waals surface area contributed by atoms with E-state index in [1.165, 1.54) is 51.4 Å². The van der Waals surface area contributed by atoms with Crippen molar-refractivity contribution in [3.05, 3.63) is 158 Å². The Kier molecular flexibility index (Phi) is 59.5. The molecule has 1 atom stereocenters. The van der Waals surface area contributed by atoms with Gasteiger partial charge in [0.1, 0.15) is 13.2 Å². The first-order valence-electron chi connectivity index (χ1n) is 31.0. The van der Waals surface area contributed by atoms with Crippen LogP contribution in [0.3, 0.4) is 0 Å². The highest BCUT2D eigenvalue weighted by molar-refractivity contribution is 5.71. The first-order chi connectivity index (χ1) is 38.0. The maximum absolute atomic E-state index is 12.9. The summed E-state index contributed by atoms with van der Waals surface area (Å²) in [5.41, 5.74) is 0. The van der Waals surface area contributed by atoms with E-state index in [4.69, 9.17) is 14.2 Å². The van der Waals surface area contributed by atoms with E-state index in [0.29, 0.717) is 19.3 Å². The second kappa shape index (κ2) is 63.6. The highest BCUT2D eigenvalue weighted by Gasteiger charge is 2.19. The average molecular weight is 1060 g/mol. The fraction of sp³-hybridized carbons (Fsp3) is 0.592. The molecule has 0 heterocycles. The van der Waals surface area contributed by atoms with Gasteiger partial charge in [0.05, 0.1) is 0 Å². The van der Waals surface area contributed by atoms with Crippen molar-refractivity contribution >= 4 is 17.9 Å². The topological polar surface area (TPSA) is 78.9 Å². The summed E-state index contributed by atoms with van der Waals surface area (Å²) < 4.78 is 16.8. The Morgan fingerprint density at radius 3 is 0.844 bits per heavy atom. The van der Waals surface area contributed by atoms with Crippen LogP contribution in [0.2, 0.25) is 0 Å². The monoisotopic (exact) mass is 1060 g/mol. The average Bonchev–Trinajstić information content (AvgIpc) is 3.43. The third-order valence-electron chi connectivity index (χ3n) is 12.5. The van der Waals surface area contributed by atoms with Crippen molar-refractivity contribution in [3.8, 4) is 0 Å². The van der Waals surface area contributed by atoms with E-state index in [1.807, 2.05) is 0 Å². The van der Waals surface area contributed by atoms with Crippen molar-refractivity contribution in [1.29, 1.82) is 0 Å². The summed E-state index contributed by atoms with van der Waals surface area (Å²) in [6, 6.07) is 0. The molecule has 77 heavy (non-hydrogen) atoms. The molecule has 6 heteroatoms. The van der Waals surface area contributed by atoms with Crippen LogP contribution in [0.5, 0.6) is 0 Å². The number of rotatable bonds is 54. The predicted molar refractivity (Wildman–Crippen MR) is 334 cm³/mol. The maximum Gasteiger partial charge on any atom is 0.306 e. The van der Waals surface area contributed by atoms with E-state index in [1.54, 1.807) is 0 Å². The Bertz CT molecular complexity index is 1740. The number of hydrogen-bond acceptors (Lipinski definition) is 6. The van der Waals surface area contributed by atoms with Gasteiger partial charge in [0.2, 0.25) is 0 Å². The first-order valence-corrected chi connectivity index (χ1v) is 31.0. The number of hydrogen-bond donors (Lipinski definition) is 0. The Hall–Kier alpha value is -4.97. The zero-order chi connectivity index (χ0) is 55.7. The molecular weight excluding hydrogens is 949 g/mol. The SMILES string of the molecule is CC/C=C\C/C=C\C/C=C\C/C=C\C/C=C\C/C=C\C/C=C\CCCCCCCC(=O)OCC(COC(=O)CCCCCCC/C=C\CCCCCCCC)OC(=O)CCC/C=C\C/C=C\C/C=C\C/C=C\C/C=C\CC. The molecular formula is C71H112O6. The number of unbranched alkanes of at least 4 members (excludes halogenated alkanes) is 17. The van der Waals surface area contributed by atoms with Gasteiger partial charge in [-0.1, -0.05) is 249 Å². The Morgan fingerprint density at radius 1 is 0.273 bits per heavy atom. The van der Waals surface area contributed by atoms with Crippen LogP contribution >= 0.6 is 0 Å². The van der Waals surface area contributed by atoms with Gasteiger partial charge in [-0.05, 0) is 141 Å². The number of carbonyl (C=O) groups is 3. The quantitative estimate of drug-likeness (QED) is 0.0261. The summed E-state index contributed by atoms with van der Waals surface area (Å²) in [7, 11) is 0. The van der Waals surface area contributed by atoms with Gasteiger partial charge >= 0.3 is 17.9 Å². The van der Waals surface area contributed by atoms with Crippen LogP contribution in [0.1, 0.15) is 252 Å². The van der Waals surface area contributed by atoms with Crippen LogP contribution in [0.25, 0.3) is 0 Å². The number of allylic oxidation sites excluding steroid dienone is 26. The smallest absolute Gasteiger partial charge is 0.306 e. The molecule has 6 nitrogen and oxygen atoms in total. The van der Waals surface area contributed by atoms with Gasteiger partial charge < -0.3 is 14.2 Å². The van der Waals surface area contributed by atoms with Gasteiger partial charge in [-0.3, -0.25) is 14.4 Å². The molecule has 1 unspecified atom stereocenters. The van der Waals surface area contributed by atoms with E-state index in [2.05, 4.69) is 179 Å². The number of esters is 3. The minimum Gasteiger partial charge on any atom is -0.462 e. The molecule has 0 fully saturated rings. The van der Waals surface area contributed by atoms with Gasteiger partial charge in [0.25, 0.3) is 0 Å². The van der Waals surface area contributed by atoms with Gasteiger partial charge in [0, 0.05) is 19.3 Å². The van der Waals surface area contributed by atoms with Crippen LogP contribution in [-0.4, -0.2) is 37.2 Å². The van der Waals surface area contributed by atoms with Crippen molar-refractivity contribution in [2.45, 2.75) is 258 Å².